The number of carbonyl (C=O) groups is 1. The van der Waals surface area contributed by atoms with Crippen LogP contribution in [-0.4, -0.2) is 18.3 Å². The van der Waals surface area contributed by atoms with Crippen molar-refractivity contribution in [2.24, 2.45) is 4.99 Å². The highest BCUT2D eigenvalue weighted by atomic mass is 35.5. The summed E-state index contributed by atoms with van der Waals surface area (Å²) < 4.78 is 11.3. The van der Waals surface area contributed by atoms with Crippen LogP contribution in [0, 0.1) is 11.3 Å². The zero-order valence-electron chi connectivity index (χ0n) is 17.3. The predicted molar refractivity (Wildman–Crippen MR) is 123 cm³/mol. The summed E-state index contributed by atoms with van der Waals surface area (Å²) >= 11 is 7.74. The number of aliphatic imine (C=N–C) groups is 1. The number of halogens is 1. The van der Waals surface area contributed by atoms with Gasteiger partial charge in [-0.15, -0.1) is 11.3 Å². The van der Waals surface area contributed by atoms with Crippen LogP contribution in [0.25, 0.3) is 11.3 Å². The van der Waals surface area contributed by atoms with Crippen molar-refractivity contribution in [3.63, 3.8) is 0 Å². The molecule has 1 aliphatic rings. The zero-order chi connectivity index (χ0) is 22.0. The van der Waals surface area contributed by atoms with Gasteiger partial charge in [-0.25, -0.2) is 9.79 Å². The third-order valence-electron chi connectivity index (χ3n) is 5.01. The Bertz CT molecular complexity index is 1200. The number of hydrogen-bond donors (Lipinski definition) is 0. The van der Waals surface area contributed by atoms with E-state index in [1.54, 1.807) is 61.7 Å². The minimum atomic E-state index is -0.434. The van der Waals surface area contributed by atoms with Crippen molar-refractivity contribution in [2.45, 2.75) is 45.6 Å². The molecule has 0 bridgehead atoms. The summed E-state index contributed by atoms with van der Waals surface area (Å²) in [5, 5.41) is 10.8. The highest BCUT2D eigenvalue weighted by molar-refractivity contribution is 7.16. The number of rotatable bonds is 5. The summed E-state index contributed by atoms with van der Waals surface area (Å²) in [6, 6.07) is 10.8. The van der Waals surface area contributed by atoms with E-state index in [4.69, 9.17) is 20.8 Å². The first kappa shape index (κ1) is 21.4. The summed E-state index contributed by atoms with van der Waals surface area (Å²) in [4.78, 5) is 18.3. The maximum atomic E-state index is 12.5. The molecule has 3 aromatic rings. The number of hydrogen-bond acceptors (Lipinski definition) is 6. The van der Waals surface area contributed by atoms with Gasteiger partial charge in [-0.2, -0.15) is 5.26 Å². The molecule has 0 amide bonds. The standard InChI is InChI=1S/C24H21ClN2O3S/c1-14(2)29-24(28)18-9-7-15(25)11-19(18)21-10-8-16(30-21)13-27-23-20(12-26)17-5-3-4-6-22(17)31-23/h7-11,13-14H,3-6H2,1-2H3. The topological polar surface area (TPSA) is 75.6 Å². The largest absolute Gasteiger partial charge is 0.459 e. The van der Waals surface area contributed by atoms with Crippen LogP contribution in [0.2, 0.25) is 5.02 Å². The second-order valence-corrected chi connectivity index (χ2v) is 9.13. The average Bonchev–Trinajstić information content (AvgIpc) is 3.35. The van der Waals surface area contributed by atoms with Gasteiger partial charge in [0.1, 0.15) is 22.6 Å². The second-order valence-electron chi connectivity index (χ2n) is 7.61. The van der Waals surface area contributed by atoms with Crippen LogP contribution in [0.4, 0.5) is 5.00 Å². The predicted octanol–water partition coefficient (Wildman–Crippen LogP) is 6.73. The van der Waals surface area contributed by atoms with Gasteiger partial charge >= 0.3 is 5.97 Å². The van der Waals surface area contributed by atoms with Crippen LogP contribution in [0.5, 0.6) is 0 Å². The molecular weight excluding hydrogens is 432 g/mol. The van der Waals surface area contributed by atoms with Crippen LogP contribution >= 0.6 is 22.9 Å². The normalized spacial score (nSPS) is 13.4. The maximum Gasteiger partial charge on any atom is 0.339 e. The SMILES string of the molecule is CC(C)OC(=O)c1ccc(Cl)cc1-c1ccc(C=Nc2sc3c(c2C#N)CCCC3)o1. The molecule has 0 fully saturated rings. The van der Waals surface area contributed by atoms with E-state index in [0.29, 0.717) is 33.2 Å². The third kappa shape index (κ3) is 4.58. The first-order chi connectivity index (χ1) is 15.0. The molecule has 0 saturated heterocycles. The molecule has 0 unspecified atom stereocenters. The molecule has 7 heteroatoms. The molecular formula is C24H21ClN2O3S. The average molecular weight is 453 g/mol. The first-order valence-electron chi connectivity index (χ1n) is 10.2. The van der Waals surface area contributed by atoms with Crippen LogP contribution in [0.3, 0.4) is 0 Å². The molecule has 4 rings (SSSR count). The summed E-state index contributed by atoms with van der Waals surface area (Å²) in [6.45, 7) is 3.60. The molecule has 0 atom stereocenters. The molecule has 2 aromatic heterocycles. The number of carbonyl (C=O) groups excluding carboxylic acids is 1. The van der Waals surface area contributed by atoms with E-state index in [0.717, 1.165) is 36.2 Å². The third-order valence-corrected chi connectivity index (χ3v) is 6.44. The Morgan fingerprint density at radius 1 is 1.29 bits per heavy atom. The summed E-state index contributed by atoms with van der Waals surface area (Å²) in [5.74, 6) is 0.579. The molecule has 2 heterocycles. The van der Waals surface area contributed by atoms with Gasteiger partial charge in [-0.3, -0.25) is 0 Å². The Hall–Kier alpha value is -2.88. The molecule has 0 spiro atoms. The minimum absolute atomic E-state index is 0.235. The molecule has 0 saturated carbocycles. The molecule has 1 aromatic carbocycles. The van der Waals surface area contributed by atoms with E-state index in [1.165, 1.54) is 4.88 Å². The Labute approximate surface area is 189 Å². The van der Waals surface area contributed by atoms with Gasteiger partial charge in [-0.05, 0) is 75.4 Å². The Balaban J connectivity index is 1.63. The number of nitriles is 1. The quantitative estimate of drug-likeness (QED) is 0.317. The number of thiophene rings is 1. The summed E-state index contributed by atoms with van der Waals surface area (Å²) in [7, 11) is 0. The maximum absolute atomic E-state index is 12.5. The number of furan rings is 1. The molecule has 0 radical (unpaired) electrons. The molecule has 0 aliphatic heterocycles. The van der Waals surface area contributed by atoms with Crippen molar-refractivity contribution in [1.82, 2.24) is 0 Å². The van der Waals surface area contributed by atoms with Gasteiger partial charge < -0.3 is 9.15 Å². The van der Waals surface area contributed by atoms with Crippen LogP contribution in [-0.2, 0) is 17.6 Å². The Morgan fingerprint density at radius 2 is 2.10 bits per heavy atom. The van der Waals surface area contributed by atoms with Crippen molar-refractivity contribution in [2.75, 3.05) is 0 Å². The Morgan fingerprint density at radius 3 is 2.87 bits per heavy atom. The van der Waals surface area contributed by atoms with Crippen molar-refractivity contribution >= 4 is 40.1 Å². The van der Waals surface area contributed by atoms with E-state index in [2.05, 4.69) is 11.1 Å². The van der Waals surface area contributed by atoms with Gasteiger partial charge in [0.05, 0.1) is 23.4 Å². The smallest absolute Gasteiger partial charge is 0.339 e. The van der Waals surface area contributed by atoms with E-state index in [1.807, 2.05) is 0 Å². The van der Waals surface area contributed by atoms with Gasteiger partial charge in [0.25, 0.3) is 0 Å². The fourth-order valence-corrected chi connectivity index (χ4v) is 4.98. The van der Waals surface area contributed by atoms with E-state index in [-0.39, 0.29) is 6.10 Å². The lowest BCUT2D eigenvalue weighted by molar-refractivity contribution is 0.0378. The first-order valence-corrected chi connectivity index (χ1v) is 11.3. The van der Waals surface area contributed by atoms with Crippen LogP contribution < -0.4 is 0 Å². The highest BCUT2D eigenvalue weighted by Gasteiger charge is 2.21. The van der Waals surface area contributed by atoms with Crippen molar-refractivity contribution < 1.29 is 13.9 Å². The number of ether oxygens (including phenoxy) is 1. The van der Waals surface area contributed by atoms with Crippen LogP contribution in [0.1, 0.15) is 58.8 Å². The minimum Gasteiger partial charge on any atom is -0.459 e. The van der Waals surface area contributed by atoms with Crippen molar-refractivity contribution in [3.8, 4) is 17.4 Å². The molecule has 5 nitrogen and oxygen atoms in total. The van der Waals surface area contributed by atoms with E-state index < -0.39 is 5.97 Å². The summed E-state index contributed by atoms with van der Waals surface area (Å²) in [5.41, 5.74) is 2.77. The second kappa shape index (κ2) is 9.09. The highest BCUT2D eigenvalue weighted by Crippen LogP contribution is 2.39. The zero-order valence-corrected chi connectivity index (χ0v) is 18.8. The fourth-order valence-electron chi connectivity index (χ4n) is 3.62. The molecule has 31 heavy (non-hydrogen) atoms. The van der Waals surface area contributed by atoms with Gasteiger partial charge in [-0.1, -0.05) is 11.6 Å². The number of aryl methyl sites for hydroxylation is 1. The molecule has 0 N–H and O–H groups in total. The lowest BCUT2D eigenvalue weighted by atomic mass is 9.96. The van der Waals surface area contributed by atoms with Gasteiger partial charge in [0.15, 0.2) is 0 Å². The number of fused-ring (bicyclic) bond motifs is 1. The summed E-state index contributed by atoms with van der Waals surface area (Å²) in [6.07, 6.45) is 5.60. The van der Waals surface area contributed by atoms with Crippen molar-refractivity contribution in [3.05, 3.63) is 62.7 Å². The lowest BCUT2D eigenvalue weighted by Crippen LogP contribution is -2.12. The number of benzene rings is 1. The molecule has 1 aliphatic carbocycles. The van der Waals surface area contributed by atoms with Crippen LogP contribution in [0.15, 0.2) is 39.7 Å². The van der Waals surface area contributed by atoms with Crippen molar-refractivity contribution in [1.29, 1.82) is 5.26 Å². The van der Waals surface area contributed by atoms with E-state index in [9.17, 15) is 10.1 Å². The van der Waals surface area contributed by atoms with E-state index >= 15 is 0 Å². The number of nitrogens with zero attached hydrogens (tertiary/aromatic N) is 2. The fraction of sp³-hybridized carbons (Fsp3) is 0.292. The molecule has 158 valence electrons. The number of esters is 1. The van der Waals surface area contributed by atoms with Gasteiger partial charge in [0.2, 0.25) is 0 Å². The van der Waals surface area contributed by atoms with Gasteiger partial charge in [0, 0.05) is 15.5 Å². The lowest BCUT2D eigenvalue weighted by Gasteiger charge is -2.11. The monoisotopic (exact) mass is 452 g/mol. The Kier molecular flexibility index (Phi) is 6.26.